The second-order valence-electron chi connectivity index (χ2n) is 5.39. The van der Waals surface area contributed by atoms with Crippen LogP contribution in [0.15, 0.2) is 18.2 Å². The van der Waals surface area contributed by atoms with Gasteiger partial charge in [0.1, 0.15) is 5.82 Å². The molecule has 1 aromatic heterocycles. The minimum absolute atomic E-state index is 0.125. The average Bonchev–Trinajstić information content (AvgIpc) is 2.58. The molecule has 2 heterocycles. The van der Waals surface area contributed by atoms with Crippen LogP contribution >= 0.6 is 0 Å². The van der Waals surface area contributed by atoms with Gasteiger partial charge in [-0.2, -0.15) is 4.98 Å². The molecule has 2 aromatic rings. The molecule has 0 saturated carbocycles. The topological polar surface area (TPSA) is 84.1 Å². The molecule has 0 radical (unpaired) electrons. The highest BCUT2D eigenvalue weighted by Gasteiger charge is 2.28. The van der Waals surface area contributed by atoms with E-state index in [0.717, 1.165) is 41.7 Å². The minimum Gasteiger partial charge on any atom is -0.396 e. The Kier molecular flexibility index (Phi) is 3.44. The summed E-state index contributed by atoms with van der Waals surface area (Å²) in [7, 11) is 0. The van der Waals surface area contributed by atoms with Gasteiger partial charge in [0, 0.05) is 17.8 Å². The normalized spacial score (nSPS) is 21.5. The highest BCUT2D eigenvalue weighted by Crippen LogP contribution is 2.38. The highest BCUT2D eigenvalue weighted by atomic mass is 16.3. The molecule has 1 aliphatic rings. The van der Waals surface area contributed by atoms with Crippen molar-refractivity contribution in [2.24, 2.45) is 5.92 Å². The lowest BCUT2D eigenvalue weighted by Crippen LogP contribution is -2.22. The maximum absolute atomic E-state index is 9.85. The molecule has 1 aliphatic heterocycles. The van der Waals surface area contributed by atoms with Gasteiger partial charge >= 0.3 is 0 Å². The van der Waals surface area contributed by atoms with Crippen LogP contribution in [0.5, 0.6) is 0 Å². The van der Waals surface area contributed by atoms with Gasteiger partial charge in [-0.1, -0.05) is 25.5 Å². The Morgan fingerprint density at radius 2 is 2.25 bits per heavy atom. The van der Waals surface area contributed by atoms with E-state index in [-0.39, 0.29) is 18.5 Å². The predicted molar refractivity (Wildman–Crippen MR) is 80.7 cm³/mol. The summed E-state index contributed by atoms with van der Waals surface area (Å²) in [6.45, 7) is 3.12. The summed E-state index contributed by atoms with van der Waals surface area (Å²) in [5.74, 6) is 1.59. The van der Waals surface area contributed by atoms with Crippen molar-refractivity contribution in [3.05, 3.63) is 23.8 Å². The largest absolute Gasteiger partial charge is 0.396 e. The van der Waals surface area contributed by atoms with Crippen molar-refractivity contribution in [2.75, 3.05) is 24.2 Å². The monoisotopic (exact) mass is 272 g/mol. The Labute approximate surface area is 118 Å². The van der Waals surface area contributed by atoms with Crippen LogP contribution in [0.25, 0.3) is 10.9 Å². The van der Waals surface area contributed by atoms with Crippen LogP contribution in [0.1, 0.15) is 31.2 Å². The Hall–Kier alpha value is -1.88. The molecule has 5 nitrogen and oxygen atoms in total. The van der Waals surface area contributed by atoms with E-state index >= 15 is 0 Å². The van der Waals surface area contributed by atoms with Crippen molar-refractivity contribution >= 4 is 22.7 Å². The van der Waals surface area contributed by atoms with Gasteiger partial charge < -0.3 is 16.2 Å². The van der Waals surface area contributed by atoms with Crippen LogP contribution in [-0.4, -0.2) is 28.2 Å². The van der Waals surface area contributed by atoms with E-state index in [1.54, 1.807) is 0 Å². The molecule has 0 saturated heterocycles. The van der Waals surface area contributed by atoms with E-state index in [0.29, 0.717) is 5.92 Å². The fraction of sp³-hybridized carbons (Fsp3) is 0.467. The van der Waals surface area contributed by atoms with Crippen molar-refractivity contribution in [1.29, 1.82) is 0 Å². The van der Waals surface area contributed by atoms with E-state index in [2.05, 4.69) is 28.3 Å². The zero-order chi connectivity index (χ0) is 14.1. The van der Waals surface area contributed by atoms with E-state index in [1.165, 1.54) is 0 Å². The molecule has 106 valence electrons. The molecule has 0 spiro atoms. The first-order valence-electron chi connectivity index (χ1n) is 7.15. The van der Waals surface area contributed by atoms with Crippen LogP contribution in [0.4, 0.5) is 11.8 Å². The van der Waals surface area contributed by atoms with Crippen LogP contribution < -0.4 is 11.1 Å². The number of nitrogens with two attached hydrogens (primary N) is 1. The van der Waals surface area contributed by atoms with Crippen molar-refractivity contribution < 1.29 is 5.11 Å². The Morgan fingerprint density at radius 3 is 3.00 bits per heavy atom. The minimum atomic E-state index is 0.125. The molecule has 3 rings (SSSR count). The zero-order valence-corrected chi connectivity index (χ0v) is 11.6. The number of aromatic nitrogens is 2. The Morgan fingerprint density at radius 1 is 1.40 bits per heavy atom. The van der Waals surface area contributed by atoms with Gasteiger partial charge in [-0.05, 0) is 24.0 Å². The van der Waals surface area contributed by atoms with Crippen molar-refractivity contribution in [3.8, 4) is 0 Å². The van der Waals surface area contributed by atoms with Crippen molar-refractivity contribution in [2.45, 2.75) is 25.7 Å². The number of aliphatic hydroxyl groups excluding tert-OH is 1. The number of benzene rings is 1. The summed E-state index contributed by atoms with van der Waals surface area (Å²) in [6, 6.07) is 5.99. The third-order valence-electron chi connectivity index (χ3n) is 4.13. The first kappa shape index (κ1) is 13.1. The number of nitrogens with zero attached hydrogens (tertiary/aromatic N) is 2. The molecule has 0 aliphatic carbocycles. The second-order valence-corrected chi connectivity index (χ2v) is 5.39. The quantitative estimate of drug-likeness (QED) is 0.797. The summed E-state index contributed by atoms with van der Waals surface area (Å²) in [5.41, 5.74) is 7.74. The molecule has 5 heteroatoms. The number of nitrogen functional groups attached to an aromatic ring is 1. The van der Waals surface area contributed by atoms with E-state index in [9.17, 15) is 5.11 Å². The average molecular weight is 272 g/mol. The van der Waals surface area contributed by atoms with Gasteiger partial charge in [0.15, 0.2) is 0 Å². The number of hydrogen-bond donors (Lipinski definition) is 3. The fourth-order valence-electron chi connectivity index (χ4n) is 3.21. The SMILES string of the molecule is CCC[C@@H]1CNc2nc(N)nc3cccc(c23)C1CO. The third kappa shape index (κ3) is 2.08. The number of aliphatic hydroxyl groups is 1. The first-order valence-corrected chi connectivity index (χ1v) is 7.15. The van der Waals surface area contributed by atoms with Gasteiger partial charge in [0.2, 0.25) is 5.95 Å². The molecule has 2 atom stereocenters. The summed E-state index contributed by atoms with van der Waals surface area (Å²) in [4.78, 5) is 8.63. The third-order valence-corrected chi connectivity index (χ3v) is 4.13. The maximum Gasteiger partial charge on any atom is 0.222 e. The fourth-order valence-corrected chi connectivity index (χ4v) is 3.21. The number of hydrogen-bond acceptors (Lipinski definition) is 5. The van der Waals surface area contributed by atoms with E-state index in [1.807, 2.05) is 12.1 Å². The molecule has 0 amide bonds. The first-order chi connectivity index (χ1) is 9.74. The summed E-state index contributed by atoms with van der Waals surface area (Å²) >= 11 is 0. The Balaban J connectivity index is 2.21. The number of nitrogens with one attached hydrogen (secondary N) is 1. The van der Waals surface area contributed by atoms with Gasteiger partial charge in [0.05, 0.1) is 12.1 Å². The summed E-state index contributed by atoms with van der Waals surface area (Å²) in [5, 5.41) is 14.2. The molecule has 0 fully saturated rings. The standard InChI is InChI=1S/C15H20N4O/c1-2-4-9-7-17-14-13-10(11(9)8-20)5-3-6-12(13)18-15(16)19-14/h3,5-6,9,11,20H,2,4,7-8H2,1H3,(H3,16,17,18,19)/t9-,11?/m1/s1. The second kappa shape index (κ2) is 5.25. The summed E-state index contributed by atoms with van der Waals surface area (Å²) < 4.78 is 0. The highest BCUT2D eigenvalue weighted by molar-refractivity contribution is 5.93. The van der Waals surface area contributed by atoms with Gasteiger partial charge in [0.25, 0.3) is 0 Å². The van der Waals surface area contributed by atoms with Crippen LogP contribution in [0, 0.1) is 5.92 Å². The summed E-state index contributed by atoms with van der Waals surface area (Å²) in [6.07, 6.45) is 2.18. The molecule has 0 bridgehead atoms. The van der Waals surface area contributed by atoms with Gasteiger partial charge in [-0.25, -0.2) is 4.98 Å². The lowest BCUT2D eigenvalue weighted by molar-refractivity contribution is 0.224. The van der Waals surface area contributed by atoms with Crippen LogP contribution in [-0.2, 0) is 0 Å². The zero-order valence-electron chi connectivity index (χ0n) is 11.6. The molecule has 4 N–H and O–H groups in total. The van der Waals surface area contributed by atoms with E-state index in [4.69, 9.17) is 5.73 Å². The van der Waals surface area contributed by atoms with Gasteiger partial charge in [-0.3, -0.25) is 0 Å². The number of rotatable bonds is 3. The van der Waals surface area contributed by atoms with Gasteiger partial charge in [-0.15, -0.1) is 0 Å². The molecular formula is C15H20N4O. The smallest absolute Gasteiger partial charge is 0.222 e. The lowest BCUT2D eigenvalue weighted by atomic mass is 9.83. The molecule has 20 heavy (non-hydrogen) atoms. The molecule has 1 aromatic carbocycles. The maximum atomic E-state index is 9.85. The molecular weight excluding hydrogens is 252 g/mol. The Bertz CT molecular complexity index is 629. The van der Waals surface area contributed by atoms with Crippen LogP contribution in [0.3, 0.4) is 0 Å². The van der Waals surface area contributed by atoms with Crippen molar-refractivity contribution in [1.82, 2.24) is 9.97 Å². The number of anilines is 2. The molecule has 1 unspecified atom stereocenters. The predicted octanol–water partition coefficient (Wildman–Crippen LogP) is 2.13. The lowest BCUT2D eigenvalue weighted by Gasteiger charge is -2.23. The van der Waals surface area contributed by atoms with Crippen LogP contribution in [0.2, 0.25) is 0 Å². The van der Waals surface area contributed by atoms with E-state index < -0.39 is 0 Å². The van der Waals surface area contributed by atoms with Crippen molar-refractivity contribution in [3.63, 3.8) is 0 Å².